The van der Waals surface area contributed by atoms with Crippen LogP contribution in [0.25, 0.3) is 67.6 Å². The fourth-order valence-corrected chi connectivity index (χ4v) is 9.37. The highest BCUT2D eigenvalue weighted by atomic mass is 15.5. The maximum atomic E-state index is 9.02. The fourth-order valence-electron chi connectivity index (χ4n) is 9.37. The first-order valence-electron chi connectivity index (χ1n) is 19.9. The van der Waals surface area contributed by atoms with Crippen LogP contribution < -0.4 is 10.4 Å². The van der Waals surface area contributed by atoms with Crippen molar-refractivity contribution in [3.05, 3.63) is 215 Å². The molecule has 4 heteroatoms. The van der Waals surface area contributed by atoms with Gasteiger partial charge in [0, 0.05) is 44.1 Å². The average Bonchev–Trinajstić information content (AvgIpc) is 3.65. The Hall–Kier alpha value is -7.43. The van der Waals surface area contributed by atoms with Gasteiger partial charge in [0.15, 0.2) is 0 Å². The summed E-state index contributed by atoms with van der Waals surface area (Å²) >= 11 is 0. The zero-order valence-corrected chi connectivity index (χ0v) is 32.4. The summed E-state index contributed by atoms with van der Waals surface area (Å²) in [7, 11) is 0. The third-order valence-corrected chi connectivity index (χ3v) is 12.2. The van der Waals surface area contributed by atoms with Gasteiger partial charge in [0.2, 0.25) is 0 Å². The highest BCUT2D eigenvalue weighted by molar-refractivity contribution is 6.14. The molecule has 0 fully saturated rings. The summed E-state index contributed by atoms with van der Waals surface area (Å²) in [6, 6.07) is 56.8. The van der Waals surface area contributed by atoms with Gasteiger partial charge >= 0.3 is 0 Å². The Morgan fingerprint density at radius 2 is 1.26 bits per heavy atom. The molecule has 0 saturated heterocycles. The Kier molecular flexibility index (Phi) is 7.64. The van der Waals surface area contributed by atoms with Gasteiger partial charge in [-0.1, -0.05) is 159 Å². The smallest absolute Gasteiger partial charge is 0.0712 e. The second-order valence-corrected chi connectivity index (χ2v) is 15.9. The number of hydrogen-bond acceptors (Lipinski definition) is 3. The second kappa shape index (κ2) is 13.1. The third-order valence-electron chi connectivity index (χ3n) is 12.2. The van der Waals surface area contributed by atoms with Crippen LogP contribution in [0.1, 0.15) is 41.7 Å². The number of nitrogens with one attached hydrogen (secondary N) is 2. The van der Waals surface area contributed by atoms with Crippen molar-refractivity contribution in [3.8, 4) is 27.9 Å². The van der Waals surface area contributed by atoms with Crippen LogP contribution in [0.4, 0.5) is 11.4 Å². The van der Waals surface area contributed by atoms with E-state index in [1.807, 2.05) is 30.4 Å². The lowest BCUT2D eigenvalue weighted by atomic mass is 9.82. The van der Waals surface area contributed by atoms with Crippen molar-refractivity contribution in [2.45, 2.75) is 19.3 Å². The zero-order valence-electron chi connectivity index (χ0n) is 32.4. The molecule has 0 saturated carbocycles. The molecule has 0 unspecified atom stereocenters. The Morgan fingerprint density at radius 3 is 2.10 bits per heavy atom. The van der Waals surface area contributed by atoms with E-state index in [1.54, 1.807) is 0 Å². The van der Waals surface area contributed by atoms with Gasteiger partial charge in [0.25, 0.3) is 0 Å². The van der Waals surface area contributed by atoms with E-state index in [0.29, 0.717) is 5.71 Å². The lowest BCUT2D eigenvalue weighted by Crippen LogP contribution is -2.34. The van der Waals surface area contributed by atoms with Crippen molar-refractivity contribution < 1.29 is 0 Å². The molecular weight excluding hydrogens is 705 g/mol. The summed E-state index contributed by atoms with van der Waals surface area (Å²) in [6.07, 6.45) is 12.4. The Morgan fingerprint density at radius 1 is 0.569 bits per heavy atom. The molecule has 2 N–H and O–H groups in total. The van der Waals surface area contributed by atoms with Gasteiger partial charge in [-0.15, -0.1) is 0 Å². The predicted molar refractivity (Wildman–Crippen MR) is 244 cm³/mol. The third kappa shape index (κ3) is 5.19. The molecule has 4 nitrogen and oxygen atoms in total. The summed E-state index contributed by atoms with van der Waals surface area (Å²) in [5.41, 5.74) is 22.4. The summed E-state index contributed by atoms with van der Waals surface area (Å²) in [5.74, 6) is 0. The minimum Gasteiger partial charge on any atom is -0.309 e. The average molecular weight is 745 g/mol. The first-order chi connectivity index (χ1) is 28.5. The van der Waals surface area contributed by atoms with Gasteiger partial charge in [0.05, 0.1) is 33.8 Å². The van der Waals surface area contributed by atoms with E-state index in [1.165, 1.54) is 49.6 Å². The van der Waals surface area contributed by atoms with Crippen LogP contribution >= 0.6 is 0 Å². The van der Waals surface area contributed by atoms with Crippen molar-refractivity contribution in [3.63, 3.8) is 0 Å². The second-order valence-electron chi connectivity index (χ2n) is 15.9. The van der Waals surface area contributed by atoms with Crippen molar-refractivity contribution in [2.24, 2.45) is 0 Å². The van der Waals surface area contributed by atoms with Crippen LogP contribution in [-0.2, 0) is 5.41 Å². The van der Waals surface area contributed by atoms with Crippen LogP contribution in [0, 0.1) is 5.41 Å². The molecule has 1 aliphatic heterocycles. The van der Waals surface area contributed by atoms with Gasteiger partial charge in [-0.25, -0.2) is 0 Å². The van der Waals surface area contributed by atoms with Gasteiger partial charge in [-0.3, -0.25) is 10.4 Å². The number of nitrogens with zero attached hydrogens (tertiary/aromatic N) is 2. The molecule has 11 rings (SSSR count). The van der Waals surface area contributed by atoms with Gasteiger partial charge in [0.1, 0.15) is 0 Å². The number of fused-ring (bicyclic) bond motifs is 9. The van der Waals surface area contributed by atoms with Gasteiger partial charge in [-0.05, 0) is 81.9 Å². The molecule has 2 aliphatic carbocycles. The number of hydrogen-bond donors (Lipinski definition) is 2. The molecule has 0 atom stereocenters. The molecule has 8 aromatic rings. The lowest BCUT2D eigenvalue weighted by molar-refractivity contribution is 0.660. The van der Waals surface area contributed by atoms with Crippen molar-refractivity contribution in [2.75, 3.05) is 5.01 Å². The Bertz CT molecular complexity index is 3120. The fraction of sp³-hybridized carbons (Fsp3) is 0.0556. The van der Waals surface area contributed by atoms with Crippen molar-refractivity contribution in [1.29, 1.82) is 5.41 Å². The Balaban J connectivity index is 1.12. The maximum absolute atomic E-state index is 9.02. The number of rotatable bonds is 5. The largest absolute Gasteiger partial charge is 0.309 e. The number of anilines is 2. The van der Waals surface area contributed by atoms with Crippen LogP contribution in [0.15, 0.2) is 188 Å². The topological polar surface area (TPSA) is 44.0 Å². The monoisotopic (exact) mass is 744 g/mol. The molecule has 3 aliphatic rings. The molecule has 1 aromatic heterocycles. The number of hydrazine groups is 1. The number of allylic oxidation sites excluding steroid dienone is 5. The number of benzene rings is 7. The number of aromatic nitrogens is 1. The van der Waals surface area contributed by atoms with Crippen LogP contribution in [0.5, 0.6) is 0 Å². The first kappa shape index (κ1) is 33.9. The quantitative estimate of drug-likeness (QED) is 0.184. The van der Waals surface area contributed by atoms with Crippen molar-refractivity contribution >= 4 is 56.7 Å². The summed E-state index contributed by atoms with van der Waals surface area (Å²) in [4.78, 5) is 0. The van der Waals surface area contributed by atoms with E-state index < -0.39 is 0 Å². The highest BCUT2D eigenvalue weighted by Crippen LogP contribution is 2.53. The van der Waals surface area contributed by atoms with E-state index >= 15 is 0 Å². The first-order valence-corrected chi connectivity index (χ1v) is 19.9. The highest BCUT2D eigenvalue weighted by Gasteiger charge is 2.38. The predicted octanol–water partition coefficient (Wildman–Crippen LogP) is 13.4. The molecular formula is C54H40N4. The molecule has 0 radical (unpaired) electrons. The lowest BCUT2D eigenvalue weighted by Gasteiger charge is -2.32. The van der Waals surface area contributed by atoms with E-state index in [0.717, 1.165) is 50.6 Å². The van der Waals surface area contributed by atoms with Crippen molar-refractivity contribution in [1.82, 2.24) is 9.99 Å². The van der Waals surface area contributed by atoms with Crippen LogP contribution in [0.2, 0.25) is 0 Å². The van der Waals surface area contributed by atoms with E-state index in [-0.39, 0.29) is 5.41 Å². The molecule has 2 heterocycles. The minimum absolute atomic E-state index is 0.133. The number of para-hydroxylation sites is 2. The molecule has 7 aromatic carbocycles. The van der Waals surface area contributed by atoms with E-state index in [4.69, 9.17) is 5.41 Å². The normalized spacial score (nSPS) is 15.6. The SMILES string of the molecule is CC1(C)c2ccccc2-c2c1ccc1c2C=Cc2cc(-c3ccc4c5ccccc5n(-c5ccccc5)c4c3)ccc2N1N/C(=C1/C=CC=CC1=N)c1ccccc1. The van der Waals surface area contributed by atoms with Gasteiger partial charge in [-0.2, -0.15) is 0 Å². The van der Waals surface area contributed by atoms with E-state index in [2.05, 4.69) is 193 Å². The maximum Gasteiger partial charge on any atom is 0.0712 e. The molecule has 0 bridgehead atoms. The van der Waals surface area contributed by atoms with Crippen LogP contribution in [-0.4, -0.2) is 10.3 Å². The van der Waals surface area contributed by atoms with E-state index in [9.17, 15) is 0 Å². The summed E-state index contributed by atoms with van der Waals surface area (Å²) in [6.45, 7) is 4.67. The standard InChI is InChI=1S/C54H40N4/c1-54(2)45-22-12-9-20-42(45)52-44-29-26-38-33-36(37-25-28-41-40-19-11-14-24-49(40)57(51(41)34-37)39-17-7-4-8-18-39)27-31-48(38)58(50(44)32-30-46(52)54)56-53(35-15-5-3-6-16-35)43-21-10-13-23-47(43)55/h3-34,55-56H,1-2H3/b53-43-,55-47?. The molecule has 0 spiro atoms. The summed E-state index contributed by atoms with van der Waals surface area (Å²) < 4.78 is 2.38. The zero-order chi connectivity index (χ0) is 39.0. The minimum atomic E-state index is -0.133. The molecule has 276 valence electrons. The summed E-state index contributed by atoms with van der Waals surface area (Å²) in [5, 5.41) is 13.7. The molecule has 0 amide bonds. The molecule has 58 heavy (non-hydrogen) atoms. The van der Waals surface area contributed by atoms with Crippen LogP contribution in [0.3, 0.4) is 0 Å². The Labute approximate surface area is 338 Å². The van der Waals surface area contributed by atoms with Gasteiger partial charge < -0.3 is 9.98 Å².